The molecule has 0 radical (unpaired) electrons. The Morgan fingerprint density at radius 2 is 1.84 bits per heavy atom. The first-order chi connectivity index (χ1) is 9.00. The molecular weight excluding hydrogens is 284 g/mol. The van der Waals surface area contributed by atoms with Gasteiger partial charge in [-0.3, -0.25) is 0 Å². The molecule has 0 amide bonds. The summed E-state index contributed by atoms with van der Waals surface area (Å²) in [7, 11) is -3.41. The molecule has 19 heavy (non-hydrogen) atoms. The molecule has 0 aromatic heterocycles. The molecule has 4 N–H and O–H groups in total. The zero-order valence-electron chi connectivity index (χ0n) is 10.3. The number of hydrogen-bond acceptors (Lipinski definition) is 4. The van der Waals surface area contributed by atoms with Gasteiger partial charge in [-0.2, -0.15) is 4.31 Å². The van der Waals surface area contributed by atoms with Gasteiger partial charge in [0.05, 0.1) is 4.90 Å². The largest absolute Gasteiger partial charge is 0.376 e. The third-order valence-electron chi connectivity index (χ3n) is 2.84. The van der Waals surface area contributed by atoms with Crippen LogP contribution in [-0.2, 0) is 10.0 Å². The predicted octanol–water partition coefficient (Wildman–Crippen LogP) is -0.0640. The van der Waals surface area contributed by atoms with Crippen LogP contribution in [-0.4, -0.2) is 44.0 Å². The van der Waals surface area contributed by atoms with Crippen LogP contribution in [0.3, 0.4) is 0 Å². The highest BCUT2D eigenvalue weighted by Crippen LogP contribution is 2.18. The minimum atomic E-state index is -3.41. The van der Waals surface area contributed by atoms with Crippen molar-refractivity contribution in [3.05, 3.63) is 24.3 Å². The predicted molar refractivity (Wildman–Crippen MR) is 78.5 cm³/mol. The third kappa shape index (κ3) is 3.41. The molecule has 2 rings (SSSR count). The van der Waals surface area contributed by atoms with E-state index in [9.17, 15) is 8.42 Å². The van der Waals surface area contributed by atoms with E-state index in [1.807, 2.05) is 0 Å². The molecule has 1 aromatic rings. The Hall–Kier alpha value is -1.22. The standard InChI is InChI=1S/C11H16N4O2S2/c12-11(18)14-9-1-3-10(4-2-9)19(16,17)15-7-5-13-6-8-15/h1-4,13H,5-8H2,(H3,12,14,18). The number of nitrogens with zero attached hydrogens (tertiary/aromatic N) is 1. The van der Waals surface area contributed by atoms with E-state index in [2.05, 4.69) is 10.6 Å². The maximum absolute atomic E-state index is 12.3. The molecule has 1 fully saturated rings. The quantitative estimate of drug-likeness (QED) is 0.678. The van der Waals surface area contributed by atoms with Crippen LogP contribution in [0.5, 0.6) is 0 Å². The summed E-state index contributed by atoms with van der Waals surface area (Å²) in [5.41, 5.74) is 6.03. The number of piperazine rings is 1. The smallest absolute Gasteiger partial charge is 0.243 e. The Morgan fingerprint density at radius 1 is 1.26 bits per heavy atom. The first-order valence-electron chi connectivity index (χ1n) is 5.87. The van der Waals surface area contributed by atoms with Gasteiger partial charge >= 0.3 is 0 Å². The van der Waals surface area contributed by atoms with Crippen molar-refractivity contribution in [3.63, 3.8) is 0 Å². The van der Waals surface area contributed by atoms with E-state index in [-0.39, 0.29) is 10.0 Å². The van der Waals surface area contributed by atoms with Crippen molar-refractivity contribution >= 4 is 33.0 Å². The van der Waals surface area contributed by atoms with Crippen LogP contribution in [0.15, 0.2) is 29.2 Å². The van der Waals surface area contributed by atoms with E-state index < -0.39 is 10.0 Å². The molecule has 1 aliphatic heterocycles. The molecule has 1 heterocycles. The molecule has 0 bridgehead atoms. The first-order valence-corrected chi connectivity index (χ1v) is 7.72. The highest BCUT2D eigenvalue weighted by molar-refractivity contribution is 7.89. The highest BCUT2D eigenvalue weighted by Gasteiger charge is 2.25. The molecule has 0 spiro atoms. The molecule has 104 valence electrons. The summed E-state index contributed by atoms with van der Waals surface area (Å²) in [6.45, 7) is 2.35. The first kappa shape index (κ1) is 14.2. The number of anilines is 1. The fraction of sp³-hybridized carbons (Fsp3) is 0.364. The summed E-state index contributed by atoms with van der Waals surface area (Å²) in [6, 6.07) is 6.40. The molecule has 0 aliphatic carbocycles. The highest BCUT2D eigenvalue weighted by atomic mass is 32.2. The topological polar surface area (TPSA) is 87.5 Å². The van der Waals surface area contributed by atoms with Crippen LogP contribution in [0.2, 0.25) is 0 Å². The van der Waals surface area contributed by atoms with E-state index in [1.54, 1.807) is 24.3 Å². The van der Waals surface area contributed by atoms with E-state index in [0.29, 0.717) is 31.9 Å². The number of nitrogens with two attached hydrogens (primary N) is 1. The number of nitrogens with one attached hydrogen (secondary N) is 2. The maximum Gasteiger partial charge on any atom is 0.243 e. The van der Waals surface area contributed by atoms with Crippen molar-refractivity contribution in [2.24, 2.45) is 5.73 Å². The molecule has 8 heteroatoms. The van der Waals surface area contributed by atoms with Crippen molar-refractivity contribution in [1.82, 2.24) is 9.62 Å². The average molecular weight is 300 g/mol. The fourth-order valence-electron chi connectivity index (χ4n) is 1.89. The fourth-order valence-corrected chi connectivity index (χ4v) is 3.45. The minimum absolute atomic E-state index is 0.151. The van der Waals surface area contributed by atoms with Gasteiger partial charge in [-0.15, -0.1) is 0 Å². The van der Waals surface area contributed by atoms with Crippen LogP contribution >= 0.6 is 12.2 Å². The van der Waals surface area contributed by atoms with Crippen LogP contribution in [0, 0.1) is 0 Å². The maximum atomic E-state index is 12.3. The van der Waals surface area contributed by atoms with Crippen molar-refractivity contribution in [2.45, 2.75) is 4.90 Å². The Morgan fingerprint density at radius 3 is 2.37 bits per heavy atom. The van der Waals surface area contributed by atoms with Gasteiger partial charge in [0, 0.05) is 31.9 Å². The van der Waals surface area contributed by atoms with Gasteiger partial charge in [-0.1, -0.05) is 0 Å². The van der Waals surface area contributed by atoms with Gasteiger partial charge in [0.25, 0.3) is 0 Å². The summed E-state index contributed by atoms with van der Waals surface area (Å²) < 4.78 is 26.2. The Labute approximate surface area is 118 Å². The monoisotopic (exact) mass is 300 g/mol. The lowest BCUT2D eigenvalue weighted by Gasteiger charge is -2.26. The van der Waals surface area contributed by atoms with Gasteiger partial charge in [0.15, 0.2) is 5.11 Å². The van der Waals surface area contributed by atoms with Crippen molar-refractivity contribution in [1.29, 1.82) is 0 Å². The summed E-state index contributed by atoms with van der Waals surface area (Å²) in [4.78, 5) is 0.280. The number of thiocarbonyl (C=S) groups is 1. The normalized spacial score (nSPS) is 17.1. The van der Waals surface area contributed by atoms with Gasteiger partial charge in [-0.25, -0.2) is 8.42 Å². The summed E-state index contributed by atoms with van der Waals surface area (Å²) >= 11 is 4.72. The summed E-state index contributed by atoms with van der Waals surface area (Å²) in [6.07, 6.45) is 0. The molecular formula is C11H16N4O2S2. The second-order valence-electron chi connectivity index (χ2n) is 4.17. The van der Waals surface area contributed by atoms with Crippen molar-refractivity contribution < 1.29 is 8.42 Å². The molecule has 0 atom stereocenters. The van der Waals surface area contributed by atoms with Crippen LogP contribution in [0.25, 0.3) is 0 Å². The summed E-state index contributed by atoms with van der Waals surface area (Å²) in [5, 5.41) is 6.03. The lowest BCUT2D eigenvalue weighted by Crippen LogP contribution is -2.46. The van der Waals surface area contributed by atoms with E-state index >= 15 is 0 Å². The molecule has 6 nitrogen and oxygen atoms in total. The third-order valence-corrected chi connectivity index (χ3v) is 4.85. The van der Waals surface area contributed by atoms with Gasteiger partial charge in [-0.05, 0) is 36.5 Å². The van der Waals surface area contributed by atoms with E-state index in [1.165, 1.54) is 4.31 Å². The van der Waals surface area contributed by atoms with Crippen molar-refractivity contribution in [2.75, 3.05) is 31.5 Å². The SMILES string of the molecule is NC(=S)Nc1ccc(S(=O)(=O)N2CCNCC2)cc1. The Kier molecular flexibility index (Phi) is 4.35. The summed E-state index contributed by atoms with van der Waals surface area (Å²) in [5.74, 6) is 0. The minimum Gasteiger partial charge on any atom is -0.376 e. The number of sulfonamides is 1. The van der Waals surface area contributed by atoms with Gasteiger partial charge < -0.3 is 16.4 Å². The van der Waals surface area contributed by atoms with Gasteiger partial charge in [0.1, 0.15) is 0 Å². The van der Waals surface area contributed by atoms with Crippen LogP contribution < -0.4 is 16.4 Å². The zero-order valence-corrected chi connectivity index (χ0v) is 11.9. The number of benzene rings is 1. The Balaban J connectivity index is 2.18. The molecule has 0 unspecified atom stereocenters. The molecule has 1 aliphatic rings. The lowest BCUT2D eigenvalue weighted by molar-refractivity contribution is 0.360. The van der Waals surface area contributed by atoms with Crippen molar-refractivity contribution in [3.8, 4) is 0 Å². The zero-order chi connectivity index (χ0) is 13.9. The molecule has 0 saturated carbocycles. The second kappa shape index (κ2) is 5.83. The molecule has 1 saturated heterocycles. The van der Waals surface area contributed by atoms with Crippen LogP contribution in [0.1, 0.15) is 0 Å². The van der Waals surface area contributed by atoms with Crippen LogP contribution in [0.4, 0.5) is 5.69 Å². The van der Waals surface area contributed by atoms with Gasteiger partial charge in [0.2, 0.25) is 10.0 Å². The number of rotatable bonds is 3. The van der Waals surface area contributed by atoms with E-state index in [4.69, 9.17) is 18.0 Å². The van der Waals surface area contributed by atoms with E-state index in [0.717, 1.165) is 0 Å². The molecule has 1 aromatic carbocycles. The number of hydrogen-bond donors (Lipinski definition) is 3. The average Bonchev–Trinajstić information content (AvgIpc) is 2.40. The second-order valence-corrected chi connectivity index (χ2v) is 6.55. The Bertz CT molecular complexity index is 551. The lowest BCUT2D eigenvalue weighted by atomic mass is 10.3.